The monoisotopic (exact) mass is 404 g/mol. The van der Waals surface area contributed by atoms with Gasteiger partial charge in [0.1, 0.15) is 5.82 Å². The molecule has 0 aliphatic rings. The second-order valence-corrected chi connectivity index (χ2v) is 6.17. The molecular formula is C14H11BrFI. The normalized spacial score (nSPS) is 12.4. The van der Waals surface area contributed by atoms with Crippen molar-refractivity contribution < 1.29 is 4.39 Å². The molecule has 2 aromatic carbocycles. The SMILES string of the molecule is Fc1ccccc1CC(Br)c1cccc(I)c1. The van der Waals surface area contributed by atoms with Crippen LogP contribution in [0, 0.1) is 9.39 Å². The molecule has 2 aromatic rings. The summed E-state index contributed by atoms with van der Waals surface area (Å²) < 4.78 is 14.7. The fraction of sp³-hybridized carbons (Fsp3) is 0.143. The maximum Gasteiger partial charge on any atom is 0.126 e. The average molecular weight is 405 g/mol. The fourth-order valence-corrected chi connectivity index (χ4v) is 2.88. The van der Waals surface area contributed by atoms with E-state index in [-0.39, 0.29) is 10.6 Å². The highest BCUT2D eigenvalue weighted by Crippen LogP contribution is 2.28. The van der Waals surface area contributed by atoms with Crippen molar-refractivity contribution in [3.05, 3.63) is 69.0 Å². The Hall–Kier alpha value is -0.420. The molecule has 0 bridgehead atoms. The van der Waals surface area contributed by atoms with E-state index in [0.29, 0.717) is 6.42 Å². The van der Waals surface area contributed by atoms with Gasteiger partial charge in [-0.3, -0.25) is 0 Å². The van der Waals surface area contributed by atoms with E-state index in [4.69, 9.17) is 0 Å². The van der Waals surface area contributed by atoms with Gasteiger partial charge in [0.15, 0.2) is 0 Å². The summed E-state index contributed by atoms with van der Waals surface area (Å²) in [7, 11) is 0. The molecule has 17 heavy (non-hydrogen) atoms. The molecule has 88 valence electrons. The number of alkyl halides is 1. The molecule has 0 saturated heterocycles. The lowest BCUT2D eigenvalue weighted by atomic mass is 10.0. The summed E-state index contributed by atoms with van der Waals surface area (Å²) in [5.74, 6) is -0.137. The maximum atomic E-state index is 13.5. The van der Waals surface area contributed by atoms with Gasteiger partial charge < -0.3 is 0 Å². The van der Waals surface area contributed by atoms with Crippen molar-refractivity contribution in [3.8, 4) is 0 Å². The minimum Gasteiger partial charge on any atom is -0.207 e. The van der Waals surface area contributed by atoms with Gasteiger partial charge in [-0.15, -0.1) is 0 Å². The standard InChI is InChI=1S/C14H11BrFI/c15-13(10-5-3-6-12(17)8-10)9-11-4-1-2-7-14(11)16/h1-8,13H,9H2. The molecule has 0 aromatic heterocycles. The molecule has 0 aliphatic carbocycles. The minimum atomic E-state index is -0.137. The van der Waals surface area contributed by atoms with Crippen LogP contribution in [0.25, 0.3) is 0 Å². The molecule has 0 nitrogen and oxygen atoms in total. The lowest BCUT2D eigenvalue weighted by molar-refractivity contribution is 0.608. The van der Waals surface area contributed by atoms with Crippen molar-refractivity contribution in [2.45, 2.75) is 11.2 Å². The lowest BCUT2D eigenvalue weighted by Crippen LogP contribution is -1.98. The molecule has 0 aliphatic heterocycles. The van der Waals surface area contributed by atoms with Crippen LogP contribution in [0.3, 0.4) is 0 Å². The van der Waals surface area contributed by atoms with Crippen LogP contribution in [0.15, 0.2) is 48.5 Å². The van der Waals surface area contributed by atoms with Crippen LogP contribution in [-0.2, 0) is 6.42 Å². The predicted octanol–water partition coefficient (Wildman–Crippen LogP) is 5.11. The zero-order chi connectivity index (χ0) is 12.3. The second kappa shape index (κ2) is 5.96. The third-order valence-electron chi connectivity index (χ3n) is 2.57. The third kappa shape index (κ3) is 3.52. The van der Waals surface area contributed by atoms with Gasteiger partial charge in [-0.1, -0.05) is 46.3 Å². The van der Waals surface area contributed by atoms with Crippen molar-refractivity contribution in [1.82, 2.24) is 0 Å². The van der Waals surface area contributed by atoms with Crippen LogP contribution >= 0.6 is 38.5 Å². The molecule has 0 spiro atoms. The fourth-order valence-electron chi connectivity index (χ4n) is 1.68. The van der Waals surface area contributed by atoms with Crippen molar-refractivity contribution >= 4 is 38.5 Å². The molecule has 0 amide bonds. The molecule has 1 unspecified atom stereocenters. The first kappa shape index (κ1) is 13.0. The number of hydrogen-bond donors (Lipinski definition) is 0. The molecule has 0 heterocycles. The molecule has 3 heteroatoms. The molecule has 0 radical (unpaired) electrons. The number of hydrogen-bond acceptors (Lipinski definition) is 0. The summed E-state index contributed by atoms with van der Waals surface area (Å²) in [5, 5.41) is 0. The van der Waals surface area contributed by atoms with E-state index in [1.165, 1.54) is 15.2 Å². The molecule has 0 fully saturated rings. The Labute approximate surface area is 123 Å². The second-order valence-electron chi connectivity index (χ2n) is 3.82. The van der Waals surface area contributed by atoms with E-state index < -0.39 is 0 Å². The van der Waals surface area contributed by atoms with Crippen LogP contribution in [0.4, 0.5) is 4.39 Å². The predicted molar refractivity (Wildman–Crippen MR) is 80.9 cm³/mol. The molecular weight excluding hydrogens is 394 g/mol. The van der Waals surface area contributed by atoms with Crippen LogP contribution in [0.2, 0.25) is 0 Å². The van der Waals surface area contributed by atoms with Gasteiger partial charge in [0.25, 0.3) is 0 Å². The molecule has 0 saturated carbocycles. The molecule has 2 rings (SSSR count). The summed E-state index contributed by atoms with van der Waals surface area (Å²) in [6.07, 6.45) is 0.659. The van der Waals surface area contributed by atoms with E-state index in [0.717, 1.165) is 5.56 Å². The van der Waals surface area contributed by atoms with Gasteiger partial charge >= 0.3 is 0 Å². The zero-order valence-corrected chi connectivity index (χ0v) is 12.8. The lowest BCUT2D eigenvalue weighted by Gasteiger charge is -2.11. The van der Waals surface area contributed by atoms with Crippen LogP contribution < -0.4 is 0 Å². The Morgan fingerprint density at radius 3 is 2.59 bits per heavy atom. The van der Waals surface area contributed by atoms with E-state index in [1.807, 2.05) is 24.3 Å². The molecule has 1 atom stereocenters. The summed E-state index contributed by atoms with van der Waals surface area (Å²) in [6.45, 7) is 0. The maximum absolute atomic E-state index is 13.5. The van der Waals surface area contributed by atoms with Gasteiger partial charge in [0.05, 0.1) is 0 Å². The summed E-state index contributed by atoms with van der Waals surface area (Å²) in [4.78, 5) is 0.147. The van der Waals surface area contributed by atoms with Crippen LogP contribution in [0.1, 0.15) is 16.0 Å². The van der Waals surface area contributed by atoms with Gasteiger partial charge in [0.2, 0.25) is 0 Å². The van der Waals surface area contributed by atoms with E-state index >= 15 is 0 Å². The van der Waals surface area contributed by atoms with E-state index in [1.54, 1.807) is 6.07 Å². The van der Waals surface area contributed by atoms with Crippen molar-refractivity contribution in [2.75, 3.05) is 0 Å². The minimum absolute atomic E-state index is 0.137. The van der Waals surface area contributed by atoms with Gasteiger partial charge in [-0.25, -0.2) is 4.39 Å². The first-order chi connectivity index (χ1) is 8.16. The smallest absolute Gasteiger partial charge is 0.126 e. The molecule has 0 N–H and O–H groups in total. The Balaban J connectivity index is 2.17. The average Bonchev–Trinajstić information content (AvgIpc) is 2.32. The van der Waals surface area contributed by atoms with E-state index in [2.05, 4.69) is 50.7 Å². The highest BCUT2D eigenvalue weighted by atomic mass is 127. The first-order valence-corrected chi connectivity index (χ1v) is 7.29. The Kier molecular flexibility index (Phi) is 4.56. The van der Waals surface area contributed by atoms with Crippen LogP contribution in [0.5, 0.6) is 0 Å². The van der Waals surface area contributed by atoms with E-state index in [9.17, 15) is 4.39 Å². The van der Waals surface area contributed by atoms with Gasteiger partial charge in [-0.05, 0) is 58.3 Å². The first-order valence-electron chi connectivity index (χ1n) is 5.30. The van der Waals surface area contributed by atoms with Crippen molar-refractivity contribution in [2.24, 2.45) is 0 Å². The number of rotatable bonds is 3. The largest absolute Gasteiger partial charge is 0.207 e. The summed E-state index contributed by atoms with van der Waals surface area (Å²) in [6, 6.07) is 15.2. The van der Waals surface area contributed by atoms with Crippen molar-refractivity contribution in [3.63, 3.8) is 0 Å². The highest BCUT2D eigenvalue weighted by Gasteiger charge is 2.11. The Morgan fingerprint density at radius 2 is 1.88 bits per heavy atom. The Morgan fingerprint density at radius 1 is 1.12 bits per heavy atom. The third-order valence-corrected chi connectivity index (χ3v) is 4.09. The highest BCUT2D eigenvalue weighted by molar-refractivity contribution is 14.1. The summed E-state index contributed by atoms with van der Waals surface area (Å²) in [5.41, 5.74) is 1.92. The number of halogens is 3. The van der Waals surface area contributed by atoms with Crippen molar-refractivity contribution in [1.29, 1.82) is 0 Å². The van der Waals surface area contributed by atoms with Crippen LogP contribution in [-0.4, -0.2) is 0 Å². The summed E-state index contributed by atoms with van der Waals surface area (Å²) >= 11 is 5.90. The topological polar surface area (TPSA) is 0 Å². The van der Waals surface area contributed by atoms with Gasteiger partial charge in [-0.2, -0.15) is 0 Å². The van der Waals surface area contributed by atoms with Gasteiger partial charge in [0, 0.05) is 8.40 Å². The number of benzene rings is 2. The Bertz CT molecular complexity index is 513. The quantitative estimate of drug-likeness (QED) is 0.492. The zero-order valence-electron chi connectivity index (χ0n) is 9.04.